The van der Waals surface area contributed by atoms with Gasteiger partial charge in [-0.1, -0.05) is 12.1 Å². The van der Waals surface area contributed by atoms with Gasteiger partial charge in [-0.05, 0) is 82.1 Å². The lowest BCUT2D eigenvalue weighted by atomic mass is 9.80. The number of aromatic nitrogens is 2. The van der Waals surface area contributed by atoms with E-state index in [-0.39, 0.29) is 29.7 Å². The molecule has 0 spiro atoms. The molecule has 33 heavy (non-hydrogen) atoms. The van der Waals surface area contributed by atoms with E-state index in [2.05, 4.69) is 6.92 Å². The van der Waals surface area contributed by atoms with Gasteiger partial charge in [0.05, 0.1) is 36.5 Å². The van der Waals surface area contributed by atoms with E-state index >= 15 is 0 Å². The Morgan fingerprint density at radius 3 is 2.55 bits per heavy atom. The second kappa shape index (κ2) is 10.1. The van der Waals surface area contributed by atoms with Crippen molar-refractivity contribution >= 4 is 11.9 Å². The summed E-state index contributed by atoms with van der Waals surface area (Å²) in [5, 5.41) is 4.78. The maximum atomic E-state index is 13.4. The number of amides is 1. The van der Waals surface area contributed by atoms with E-state index in [0.29, 0.717) is 32.0 Å². The molecule has 1 fully saturated rings. The molecule has 1 aromatic carbocycles. The summed E-state index contributed by atoms with van der Waals surface area (Å²) in [4.78, 5) is 27.1. The third-order valence-electron chi connectivity index (χ3n) is 7.29. The number of rotatable bonds is 6. The SMILES string of the molecule is CCOC(=O)[C@H]1CC[C@H](CC(=O)N2CCc3c(C)nn(C(C)c4ccc(F)cc4)c3C2)CC1. The number of halogens is 1. The van der Waals surface area contributed by atoms with Crippen LogP contribution in [-0.4, -0.2) is 39.7 Å². The van der Waals surface area contributed by atoms with Crippen molar-refractivity contribution < 1.29 is 18.7 Å². The molecule has 1 aromatic heterocycles. The Morgan fingerprint density at radius 2 is 1.88 bits per heavy atom. The van der Waals surface area contributed by atoms with E-state index in [1.165, 1.54) is 17.7 Å². The van der Waals surface area contributed by atoms with Gasteiger partial charge in [0.15, 0.2) is 0 Å². The molecule has 6 nitrogen and oxygen atoms in total. The first kappa shape index (κ1) is 23.5. The van der Waals surface area contributed by atoms with E-state index in [4.69, 9.17) is 9.84 Å². The van der Waals surface area contributed by atoms with Crippen molar-refractivity contribution in [3.8, 4) is 0 Å². The number of hydrogen-bond donors (Lipinski definition) is 0. The fourth-order valence-electron chi connectivity index (χ4n) is 5.28. The number of carbonyl (C=O) groups is 2. The largest absolute Gasteiger partial charge is 0.466 e. The summed E-state index contributed by atoms with van der Waals surface area (Å²) in [6.07, 6.45) is 4.74. The van der Waals surface area contributed by atoms with Gasteiger partial charge >= 0.3 is 5.97 Å². The number of hydrogen-bond acceptors (Lipinski definition) is 4. The molecule has 1 saturated carbocycles. The van der Waals surface area contributed by atoms with Gasteiger partial charge in [-0.25, -0.2) is 4.39 Å². The molecule has 1 aliphatic heterocycles. The highest BCUT2D eigenvalue weighted by molar-refractivity contribution is 5.77. The van der Waals surface area contributed by atoms with Crippen LogP contribution in [0.15, 0.2) is 24.3 Å². The quantitative estimate of drug-likeness (QED) is 0.598. The maximum absolute atomic E-state index is 13.4. The molecule has 2 aliphatic rings. The summed E-state index contributed by atoms with van der Waals surface area (Å²) in [6, 6.07) is 6.49. The number of ether oxygens (including phenoxy) is 1. The van der Waals surface area contributed by atoms with Crippen molar-refractivity contribution in [1.82, 2.24) is 14.7 Å². The molecular weight excluding hydrogens is 421 g/mol. The van der Waals surface area contributed by atoms with E-state index in [9.17, 15) is 14.0 Å². The minimum atomic E-state index is -0.252. The highest BCUT2D eigenvalue weighted by Gasteiger charge is 2.32. The second-order valence-corrected chi connectivity index (χ2v) is 9.42. The molecule has 0 bridgehead atoms. The van der Waals surface area contributed by atoms with Crippen molar-refractivity contribution in [2.45, 2.75) is 71.9 Å². The molecule has 1 atom stereocenters. The third kappa shape index (κ3) is 5.12. The number of esters is 1. The van der Waals surface area contributed by atoms with Crippen LogP contribution in [0.4, 0.5) is 4.39 Å². The van der Waals surface area contributed by atoms with Gasteiger partial charge < -0.3 is 9.64 Å². The smallest absolute Gasteiger partial charge is 0.308 e. The number of nitrogens with zero attached hydrogens (tertiary/aromatic N) is 3. The molecule has 7 heteroatoms. The van der Waals surface area contributed by atoms with E-state index in [1.54, 1.807) is 12.1 Å². The van der Waals surface area contributed by atoms with Gasteiger partial charge in [0.25, 0.3) is 0 Å². The first-order chi connectivity index (χ1) is 15.9. The summed E-state index contributed by atoms with van der Waals surface area (Å²) in [5.41, 5.74) is 4.30. The second-order valence-electron chi connectivity index (χ2n) is 9.42. The van der Waals surface area contributed by atoms with Gasteiger partial charge in [0, 0.05) is 13.0 Å². The van der Waals surface area contributed by atoms with E-state index in [1.807, 2.05) is 23.4 Å². The number of carbonyl (C=O) groups excluding carboxylic acids is 2. The molecule has 1 amide bonds. The summed E-state index contributed by atoms with van der Waals surface area (Å²) in [5.74, 6) is 0.149. The molecule has 0 saturated heterocycles. The van der Waals surface area contributed by atoms with Crippen LogP contribution >= 0.6 is 0 Å². The van der Waals surface area contributed by atoms with Crippen LogP contribution in [0.3, 0.4) is 0 Å². The Morgan fingerprint density at radius 1 is 1.18 bits per heavy atom. The number of benzene rings is 1. The molecule has 2 heterocycles. The molecule has 1 aliphatic carbocycles. The summed E-state index contributed by atoms with van der Waals surface area (Å²) < 4.78 is 20.5. The van der Waals surface area contributed by atoms with Crippen molar-refractivity contribution in [3.63, 3.8) is 0 Å². The van der Waals surface area contributed by atoms with Crippen LogP contribution in [-0.2, 0) is 27.3 Å². The first-order valence-electron chi connectivity index (χ1n) is 12.1. The fraction of sp³-hybridized carbons (Fsp3) is 0.577. The standard InChI is InChI=1S/C26H34FN3O3/c1-4-33-26(32)21-7-5-19(6-8-21)15-25(31)29-14-13-23-17(2)28-30(24(23)16-29)18(3)20-9-11-22(27)12-10-20/h9-12,18-19,21H,4-8,13-16H2,1-3H3/t18?,19-,21-. The lowest BCUT2D eigenvalue weighted by Crippen LogP contribution is -2.38. The Bertz CT molecular complexity index is 993. The normalized spacial score (nSPS) is 21.4. The van der Waals surface area contributed by atoms with Crippen LogP contribution in [0.2, 0.25) is 0 Å². The topological polar surface area (TPSA) is 64.4 Å². The lowest BCUT2D eigenvalue weighted by molar-refractivity contribution is -0.149. The maximum Gasteiger partial charge on any atom is 0.308 e. The van der Waals surface area contributed by atoms with Crippen LogP contribution in [0, 0.1) is 24.6 Å². The third-order valence-corrected chi connectivity index (χ3v) is 7.29. The zero-order chi connectivity index (χ0) is 23.5. The van der Waals surface area contributed by atoms with Crippen molar-refractivity contribution in [3.05, 3.63) is 52.6 Å². The van der Waals surface area contributed by atoms with Crippen molar-refractivity contribution in [2.24, 2.45) is 11.8 Å². The Labute approximate surface area is 195 Å². The van der Waals surface area contributed by atoms with Crippen molar-refractivity contribution in [1.29, 1.82) is 0 Å². The van der Waals surface area contributed by atoms with Crippen LogP contribution in [0.5, 0.6) is 0 Å². The monoisotopic (exact) mass is 455 g/mol. The Balaban J connectivity index is 1.40. The summed E-state index contributed by atoms with van der Waals surface area (Å²) in [6.45, 7) is 7.60. The predicted molar refractivity (Wildman–Crippen MR) is 123 cm³/mol. The Hall–Kier alpha value is -2.70. The molecule has 0 N–H and O–H groups in total. The average molecular weight is 456 g/mol. The summed E-state index contributed by atoms with van der Waals surface area (Å²) in [7, 11) is 0. The molecule has 0 radical (unpaired) electrons. The molecular formula is C26H34FN3O3. The van der Waals surface area contributed by atoms with Crippen LogP contribution in [0.25, 0.3) is 0 Å². The predicted octanol–water partition coefficient (Wildman–Crippen LogP) is 4.58. The van der Waals surface area contributed by atoms with Gasteiger partial charge in [0.1, 0.15) is 5.82 Å². The minimum absolute atomic E-state index is 0.0147. The number of aryl methyl sites for hydroxylation is 1. The highest BCUT2D eigenvalue weighted by Crippen LogP contribution is 2.33. The van der Waals surface area contributed by atoms with Gasteiger partial charge in [0.2, 0.25) is 5.91 Å². The van der Waals surface area contributed by atoms with Crippen LogP contribution in [0.1, 0.15) is 74.5 Å². The zero-order valence-electron chi connectivity index (χ0n) is 19.8. The lowest BCUT2D eigenvalue weighted by Gasteiger charge is -2.32. The first-order valence-corrected chi connectivity index (χ1v) is 12.1. The fourth-order valence-corrected chi connectivity index (χ4v) is 5.28. The minimum Gasteiger partial charge on any atom is -0.466 e. The van der Waals surface area contributed by atoms with Gasteiger partial charge in [-0.3, -0.25) is 14.3 Å². The molecule has 1 unspecified atom stereocenters. The highest BCUT2D eigenvalue weighted by atomic mass is 19.1. The van der Waals surface area contributed by atoms with Crippen molar-refractivity contribution in [2.75, 3.05) is 13.2 Å². The van der Waals surface area contributed by atoms with E-state index < -0.39 is 0 Å². The number of fused-ring (bicyclic) bond motifs is 1. The zero-order valence-corrected chi connectivity index (χ0v) is 19.8. The van der Waals surface area contributed by atoms with Crippen LogP contribution < -0.4 is 0 Å². The average Bonchev–Trinajstić information content (AvgIpc) is 3.15. The Kier molecular flexibility index (Phi) is 7.15. The molecule has 178 valence electrons. The molecule has 2 aromatic rings. The molecule has 4 rings (SSSR count). The summed E-state index contributed by atoms with van der Waals surface area (Å²) >= 11 is 0. The van der Waals surface area contributed by atoms with E-state index in [0.717, 1.165) is 49.1 Å². The van der Waals surface area contributed by atoms with Gasteiger partial charge in [-0.2, -0.15) is 5.10 Å². The van der Waals surface area contributed by atoms with Gasteiger partial charge in [-0.15, -0.1) is 0 Å².